The van der Waals surface area contributed by atoms with Crippen molar-refractivity contribution in [3.8, 4) is 74.7 Å². The molecule has 3 atom stereocenters. The number of ether oxygens (including phenoxy) is 8. The van der Waals surface area contributed by atoms with Crippen molar-refractivity contribution < 1.29 is 73.0 Å². The molecule has 6 aromatic carbocycles. The van der Waals surface area contributed by atoms with Crippen LogP contribution in [0.1, 0.15) is 117 Å². The van der Waals surface area contributed by atoms with E-state index in [-0.39, 0.29) is 95.2 Å². The van der Waals surface area contributed by atoms with Crippen LogP contribution in [0.5, 0.6) is 74.7 Å². The molecule has 0 saturated heterocycles. The van der Waals surface area contributed by atoms with Crippen LogP contribution in [0.2, 0.25) is 0 Å². The van der Waals surface area contributed by atoms with Crippen molar-refractivity contribution in [2.24, 2.45) is 0 Å². The molecule has 82 heavy (non-hydrogen) atoms. The van der Waals surface area contributed by atoms with Crippen molar-refractivity contribution >= 4 is 21.9 Å². The summed E-state index contributed by atoms with van der Waals surface area (Å²) in [7, 11) is 3.15. The fraction of sp³-hybridized carbons (Fsp3) is 0.348. The van der Waals surface area contributed by atoms with E-state index in [0.717, 1.165) is 27.8 Å². The number of benzene rings is 6. The molecule has 16 heteroatoms. The van der Waals surface area contributed by atoms with E-state index in [1.165, 1.54) is 24.3 Å². The molecule has 0 unspecified atom stereocenters. The van der Waals surface area contributed by atoms with Gasteiger partial charge in [-0.2, -0.15) is 0 Å². The summed E-state index contributed by atoms with van der Waals surface area (Å²) < 4.78 is 57.5. The topological polar surface area (TPSA) is 225 Å². The molecule has 4 aliphatic rings. The first-order valence-corrected chi connectivity index (χ1v) is 27.5. The molecule has 0 aliphatic carbocycles. The van der Waals surface area contributed by atoms with E-state index >= 15 is 0 Å². The second-order valence-corrected chi connectivity index (χ2v) is 22.9. The van der Waals surface area contributed by atoms with Gasteiger partial charge in [0.25, 0.3) is 0 Å². The summed E-state index contributed by atoms with van der Waals surface area (Å²) in [5.41, 5.74) is 5.52. The van der Waals surface area contributed by atoms with Gasteiger partial charge in [0.05, 0.1) is 31.8 Å². The number of allylic oxidation sites excluding steroid dienone is 5. The maximum absolute atomic E-state index is 14.0. The quantitative estimate of drug-likeness (QED) is 0.0415. The fourth-order valence-corrected chi connectivity index (χ4v) is 11.7. The van der Waals surface area contributed by atoms with E-state index in [4.69, 9.17) is 42.3 Å². The zero-order valence-corrected chi connectivity index (χ0v) is 47.5. The smallest absolute Gasteiger partial charge is 0.205 e. The van der Waals surface area contributed by atoms with Gasteiger partial charge in [-0.15, -0.1) is 0 Å². The first-order chi connectivity index (χ1) is 39.2. The van der Waals surface area contributed by atoms with Crippen LogP contribution in [0.4, 0.5) is 0 Å². The molecule has 1 aromatic heterocycles. The Morgan fingerprint density at radius 1 is 0.720 bits per heavy atom. The van der Waals surface area contributed by atoms with Gasteiger partial charge in [-0.05, 0) is 135 Å². The predicted molar refractivity (Wildman–Crippen MR) is 308 cm³/mol. The fourth-order valence-electron chi connectivity index (χ4n) is 11.7. The van der Waals surface area contributed by atoms with Crippen LogP contribution in [0.15, 0.2) is 105 Å². The maximum atomic E-state index is 14.0. The lowest BCUT2D eigenvalue weighted by Gasteiger charge is -2.36. The Bertz CT molecular complexity index is 3890. The molecule has 11 rings (SSSR count). The number of phenols is 5. The number of hydrogen-bond acceptors (Lipinski definition) is 16. The summed E-state index contributed by atoms with van der Waals surface area (Å²) in [4.78, 5) is 14.0. The van der Waals surface area contributed by atoms with Crippen LogP contribution >= 0.6 is 0 Å². The van der Waals surface area contributed by atoms with Gasteiger partial charge in [0.2, 0.25) is 11.2 Å². The van der Waals surface area contributed by atoms with Crippen LogP contribution in [-0.4, -0.2) is 70.3 Å². The molecular weight excluding hydrogens is 1050 g/mol. The predicted octanol–water partition coefficient (Wildman–Crippen LogP) is 12.2. The number of hydrogen-bond donors (Lipinski definition) is 6. The molecule has 0 fully saturated rings. The van der Waals surface area contributed by atoms with Crippen LogP contribution in [0.3, 0.4) is 0 Å². The van der Waals surface area contributed by atoms with E-state index in [1.54, 1.807) is 38.5 Å². The zero-order valence-electron chi connectivity index (χ0n) is 47.5. The number of methoxy groups -OCH3 is 2. The molecule has 0 amide bonds. The number of fused-ring (bicyclic) bond motifs is 9. The lowest BCUT2D eigenvalue weighted by atomic mass is 9.82. The lowest BCUT2D eigenvalue weighted by Crippen LogP contribution is -2.41. The molecule has 4 aliphatic heterocycles. The third kappa shape index (κ3) is 9.86. The average Bonchev–Trinajstić information content (AvgIpc) is 3.29. The first-order valence-electron chi connectivity index (χ1n) is 27.5. The highest BCUT2D eigenvalue weighted by molar-refractivity contribution is 5.97. The molecule has 16 nitrogen and oxygen atoms in total. The highest BCUT2D eigenvalue weighted by atomic mass is 16.6. The van der Waals surface area contributed by atoms with Gasteiger partial charge in [-0.25, -0.2) is 0 Å². The van der Waals surface area contributed by atoms with Crippen molar-refractivity contribution in [2.75, 3.05) is 34.0 Å². The van der Waals surface area contributed by atoms with Gasteiger partial charge in [0.1, 0.15) is 99.6 Å². The summed E-state index contributed by atoms with van der Waals surface area (Å²) in [6.07, 6.45) is 7.67. The van der Waals surface area contributed by atoms with E-state index in [2.05, 4.69) is 6.08 Å². The summed E-state index contributed by atoms with van der Waals surface area (Å²) in [5, 5.41) is 68.8. The second-order valence-electron chi connectivity index (χ2n) is 22.9. The number of aromatic hydroxyl groups is 5. The van der Waals surface area contributed by atoms with Gasteiger partial charge in [0, 0.05) is 63.1 Å². The third-order valence-corrected chi connectivity index (χ3v) is 16.1. The summed E-state index contributed by atoms with van der Waals surface area (Å²) in [5.74, 6) is 2.34. The highest BCUT2D eigenvalue weighted by Gasteiger charge is 2.55. The SMILES string of the molecule is COc1ccc2c(c1C/C=C(\C)COc1c(O)ccc3c(=O)c4c(O)c5c(cc4oc13)OC(C)(C)CC5)O[C@H]1c3cc(CC=C(C)C)c(O)c(COc4c(CC=C(C)C)c(OC)cc5c4C[C@H](c4ccc(O)cc4O)CO5)c3OC[C@@]21O. The van der Waals surface area contributed by atoms with Crippen molar-refractivity contribution in [3.05, 3.63) is 156 Å². The first kappa shape index (κ1) is 55.3. The monoisotopic (exact) mass is 1120 g/mol. The van der Waals surface area contributed by atoms with Crippen molar-refractivity contribution in [2.45, 2.75) is 117 Å². The maximum Gasteiger partial charge on any atom is 0.205 e. The molecule has 0 saturated carbocycles. The van der Waals surface area contributed by atoms with Crippen molar-refractivity contribution in [1.82, 2.24) is 0 Å². The van der Waals surface area contributed by atoms with E-state index in [0.29, 0.717) is 111 Å². The highest BCUT2D eigenvalue weighted by Crippen LogP contribution is 2.58. The average molecular weight is 1120 g/mol. The molecule has 5 heterocycles. The normalized spacial score (nSPS) is 18.3. The number of phenolic OH excluding ortho intramolecular Hbond substituents is 5. The van der Waals surface area contributed by atoms with Crippen LogP contribution < -0.4 is 43.3 Å². The Labute approximate surface area is 474 Å². The minimum Gasteiger partial charge on any atom is -0.508 e. The molecule has 6 N–H and O–H groups in total. The number of rotatable bonds is 15. The third-order valence-electron chi connectivity index (χ3n) is 16.1. The molecule has 7 aromatic rings. The molecule has 0 spiro atoms. The largest absolute Gasteiger partial charge is 0.508 e. The van der Waals surface area contributed by atoms with Gasteiger partial charge in [-0.1, -0.05) is 35.4 Å². The number of aliphatic hydroxyl groups is 1. The summed E-state index contributed by atoms with van der Waals surface area (Å²) in [6, 6.07) is 16.2. The van der Waals surface area contributed by atoms with Crippen LogP contribution in [0, 0.1) is 0 Å². The Kier molecular flexibility index (Phi) is 14.4. The Hall–Kier alpha value is -8.63. The molecule has 0 bridgehead atoms. The van der Waals surface area contributed by atoms with Gasteiger partial charge in [0.15, 0.2) is 23.0 Å². The van der Waals surface area contributed by atoms with Gasteiger partial charge >= 0.3 is 0 Å². The summed E-state index contributed by atoms with van der Waals surface area (Å²) >= 11 is 0. The molecule has 0 radical (unpaired) electrons. The van der Waals surface area contributed by atoms with Crippen LogP contribution in [0.25, 0.3) is 21.9 Å². The second kappa shape index (κ2) is 21.4. The van der Waals surface area contributed by atoms with Crippen molar-refractivity contribution in [3.63, 3.8) is 0 Å². The van der Waals surface area contributed by atoms with E-state index in [9.17, 15) is 35.4 Å². The zero-order chi connectivity index (χ0) is 58.1. The Balaban J connectivity index is 0.913. The lowest BCUT2D eigenvalue weighted by molar-refractivity contribution is -0.0870. The minimum absolute atomic E-state index is 0.0149. The standard InChI is InChI=1S/C66H68O16/c1-33(2)10-13-36-24-45-60(46(56(36)70)31-78-59-42(15-11-34(3)4)51(75-9)27-52-44(59)25-37(30-76-52)39-17-14-38(67)26-49(39)69)79-32-66(73)47-19-21-50(74-8)41(61(47)81-64(45)66)16-12-35(5)29-77-63-48(68)20-18-43-58(72)55-54(80-62(43)63)28-53-40(57(55)71)22-23-65(6,7)82-53/h10-12,14,17-21,24,26-28,37,64,67-71,73H,13,15-16,22-23,25,29-32H2,1-9H3/b35-12+/t37-,64-,66+/m0/s1. The van der Waals surface area contributed by atoms with Gasteiger partial charge in [-0.3, -0.25) is 4.79 Å². The molecule has 428 valence electrons. The van der Waals surface area contributed by atoms with E-state index < -0.39 is 22.7 Å². The Morgan fingerprint density at radius 2 is 1.48 bits per heavy atom. The van der Waals surface area contributed by atoms with Crippen LogP contribution in [-0.2, 0) is 44.3 Å². The van der Waals surface area contributed by atoms with Crippen molar-refractivity contribution in [1.29, 1.82) is 0 Å². The Morgan fingerprint density at radius 3 is 2.22 bits per heavy atom. The van der Waals surface area contributed by atoms with Gasteiger partial charge < -0.3 is 73.0 Å². The molecular formula is C66H68O16. The summed E-state index contributed by atoms with van der Waals surface area (Å²) in [6.45, 7) is 13.6. The van der Waals surface area contributed by atoms with E-state index in [1.807, 2.05) is 72.8 Å². The minimum atomic E-state index is -1.68.